The molecule has 2 aliphatic rings. The van der Waals surface area contributed by atoms with E-state index in [0.29, 0.717) is 46.8 Å². The predicted molar refractivity (Wildman–Crippen MR) is 228 cm³/mol. The molecule has 0 fully saturated rings. The van der Waals surface area contributed by atoms with Crippen LogP contribution in [-0.2, 0) is 71.6 Å². The highest BCUT2D eigenvalue weighted by Gasteiger charge is 2.26. The van der Waals surface area contributed by atoms with Crippen molar-refractivity contribution in [2.75, 3.05) is 19.1 Å². The minimum absolute atomic E-state index is 0.0589. The molecule has 0 aromatic heterocycles. The van der Waals surface area contributed by atoms with Crippen molar-refractivity contribution in [3.63, 3.8) is 0 Å². The molecule has 5 unspecified atom stereocenters. The van der Waals surface area contributed by atoms with E-state index < -0.39 is 34.6 Å². The highest BCUT2D eigenvalue weighted by Crippen LogP contribution is 2.43. The summed E-state index contributed by atoms with van der Waals surface area (Å²) in [6.07, 6.45) is 4.77. The molecular weight excluding hydrogens is 851 g/mol. The fourth-order valence-electron chi connectivity index (χ4n) is 6.10. The summed E-state index contributed by atoms with van der Waals surface area (Å²) >= 11 is 11.4. The summed E-state index contributed by atoms with van der Waals surface area (Å²) in [6.45, 7) is 5.43. The van der Waals surface area contributed by atoms with Gasteiger partial charge in [0.25, 0.3) is 9.05 Å². The second kappa shape index (κ2) is 20.9. The van der Waals surface area contributed by atoms with E-state index in [9.17, 15) is 21.6 Å². The van der Waals surface area contributed by atoms with Crippen LogP contribution in [0.15, 0.2) is 94.7 Å². The maximum atomic E-state index is 12.7. The van der Waals surface area contributed by atoms with Gasteiger partial charge in [-0.3, -0.25) is 4.79 Å². The van der Waals surface area contributed by atoms with Crippen molar-refractivity contribution in [3.05, 3.63) is 128 Å². The van der Waals surface area contributed by atoms with Crippen LogP contribution in [0.2, 0.25) is 10.0 Å². The number of sulfone groups is 1. The molecular formula is C37H43Cl3O7P4S2. The number of hydrogen-bond acceptors (Lipinski definition) is 7. The van der Waals surface area contributed by atoms with Gasteiger partial charge in [-0.2, -0.15) is 0 Å². The fraction of sp³-hybridized carbons (Fsp3) is 0.324. The molecule has 0 spiro atoms. The molecule has 0 amide bonds. The van der Waals surface area contributed by atoms with Crippen molar-refractivity contribution >= 4 is 92.1 Å². The molecule has 7 nitrogen and oxygen atoms in total. The largest absolute Gasteiger partial charge is 0.351 e. The molecule has 53 heavy (non-hydrogen) atoms. The lowest BCUT2D eigenvalue weighted by Crippen LogP contribution is -2.23. The van der Waals surface area contributed by atoms with E-state index in [1.54, 1.807) is 24.3 Å². The molecule has 5 atom stereocenters. The van der Waals surface area contributed by atoms with Crippen LogP contribution >= 0.6 is 67.4 Å². The van der Waals surface area contributed by atoms with Gasteiger partial charge < -0.3 is 9.05 Å². The average molecular weight is 894 g/mol. The number of rotatable bonds is 10. The van der Waals surface area contributed by atoms with E-state index in [1.165, 1.54) is 57.6 Å². The summed E-state index contributed by atoms with van der Waals surface area (Å²) in [5, 5.41) is 1.03. The second-order valence-electron chi connectivity index (χ2n) is 12.7. The maximum Gasteiger partial charge on any atom is 0.261 e. The van der Waals surface area contributed by atoms with Gasteiger partial charge in [0.1, 0.15) is 5.78 Å². The minimum atomic E-state index is -3.61. The summed E-state index contributed by atoms with van der Waals surface area (Å²) in [5.74, 6) is 0.680. The number of benzene rings is 4. The Labute approximate surface area is 335 Å². The first-order chi connectivity index (χ1) is 25.0. The zero-order valence-corrected chi connectivity index (χ0v) is 37.4. The number of hydrogen-bond donors (Lipinski definition) is 0. The number of ketones is 1. The highest BCUT2D eigenvalue weighted by atomic mass is 35.7. The van der Waals surface area contributed by atoms with Crippen LogP contribution in [0.3, 0.4) is 0 Å². The fourth-order valence-corrected chi connectivity index (χ4v) is 9.91. The molecule has 2 aliphatic carbocycles. The van der Waals surface area contributed by atoms with E-state index in [1.807, 2.05) is 12.1 Å². The van der Waals surface area contributed by atoms with Crippen LogP contribution < -0.4 is 0 Å². The van der Waals surface area contributed by atoms with Crippen LogP contribution in [0.5, 0.6) is 0 Å². The molecule has 0 aliphatic heterocycles. The molecule has 0 saturated heterocycles. The summed E-state index contributed by atoms with van der Waals surface area (Å²) in [5.41, 5.74) is 7.62. The first-order valence-electron chi connectivity index (χ1n) is 16.6. The molecule has 16 heteroatoms. The molecule has 6 rings (SSSR count). The lowest BCUT2D eigenvalue weighted by atomic mass is 9.83. The lowest BCUT2D eigenvalue weighted by molar-refractivity contribution is -0.118. The van der Waals surface area contributed by atoms with E-state index in [0.717, 1.165) is 25.7 Å². The Balaban J connectivity index is 0.000000197. The maximum absolute atomic E-state index is 12.7. The smallest absolute Gasteiger partial charge is 0.261 e. The topological polar surface area (TPSA) is 104 Å². The van der Waals surface area contributed by atoms with Crippen LogP contribution in [0.1, 0.15) is 46.2 Å². The van der Waals surface area contributed by atoms with Crippen molar-refractivity contribution in [1.29, 1.82) is 0 Å². The van der Waals surface area contributed by atoms with E-state index >= 15 is 0 Å². The Kier molecular flexibility index (Phi) is 17.6. The second-order valence-corrected chi connectivity index (χ2v) is 25.2. The molecule has 4 aromatic carbocycles. The van der Waals surface area contributed by atoms with Gasteiger partial charge in [0.2, 0.25) is 0 Å². The first kappa shape index (κ1) is 44.7. The third kappa shape index (κ3) is 14.4. The zero-order valence-electron chi connectivity index (χ0n) is 29.4. The van der Waals surface area contributed by atoms with E-state index in [2.05, 4.69) is 55.5 Å². The summed E-state index contributed by atoms with van der Waals surface area (Å²) in [4.78, 5) is 11.8. The van der Waals surface area contributed by atoms with Gasteiger partial charge in [-0.05, 0) is 127 Å². The number of halogens is 3. The van der Waals surface area contributed by atoms with Gasteiger partial charge in [-0.15, -0.1) is 0 Å². The number of carbonyl (C=O) groups excluding carboxylic acids is 1. The number of Topliss-reactive ketones (excluding diaryl/α,β-unsaturated/α-hetero) is 1. The zero-order chi connectivity index (χ0) is 38.8. The lowest BCUT2D eigenvalue weighted by Gasteiger charge is -2.26. The normalized spacial score (nSPS) is 16.5. The standard InChI is InChI=1S/C19H23ClO3P2S.C12H16O2P2.C6H4Cl2O2S/c1-25(24)23-12-16-4-2-3-15-11-14(5-10-19(15)16)13-26(21,22)18-8-6-17(20)7-9-18;1-16(15)14-8-10-4-2-3-9-7-11(13)5-6-12(9)10;7-5-1-3-6(4-2-5)11(8,9)10/h2-4,6-9,14H,5,10-13,24H2,1H3;2-4H,5-8,15H2,1H3;1-4H. The summed E-state index contributed by atoms with van der Waals surface area (Å²) < 4.78 is 58.2. The Bertz CT molecular complexity index is 2070. The SMILES string of the molecule is CP(P)OCc1cccc2c1CCC(=O)C2.CP(P)OCc1cccc2c1CCC(CS(=O)(=O)c1ccc(Cl)cc1)C2.O=S(=O)(Cl)c1ccc(Cl)cc1. The van der Waals surface area contributed by atoms with Crippen molar-refractivity contribution < 1.29 is 30.7 Å². The Morgan fingerprint density at radius 1 is 0.698 bits per heavy atom. The molecule has 0 N–H and O–H groups in total. The monoisotopic (exact) mass is 892 g/mol. The van der Waals surface area contributed by atoms with E-state index in [4.69, 9.17) is 42.9 Å². The third-order valence-electron chi connectivity index (χ3n) is 8.66. The first-order valence-corrected chi connectivity index (χ1v) is 28.0. The van der Waals surface area contributed by atoms with Crippen molar-refractivity contribution in [2.45, 2.75) is 61.5 Å². The van der Waals surface area contributed by atoms with Crippen molar-refractivity contribution in [1.82, 2.24) is 0 Å². The summed E-state index contributed by atoms with van der Waals surface area (Å²) in [7, 11) is 2.68. The van der Waals surface area contributed by atoms with Gasteiger partial charge in [0.15, 0.2) is 9.84 Å². The Morgan fingerprint density at radius 2 is 1.19 bits per heavy atom. The predicted octanol–water partition coefficient (Wildman–Crippen LogP) is 10.6. The molecule has 0 radical (unpaired) electrons. The average Bonchev–Trinajstić information content (AvgIpc) is 3.10. The van der Waals surface area contributed by atoms with Gasteiger partial charge in [-0.25, -0.2) is 16.8 Å². The van der Waals surface area contributed by atoms with Crippen molar-refractivity contribution in [2.24, 2.45) is 5.92 Å². The highest BCUT2D eigenvalue weighted by molar-refractivity contribution is 8.13. The summed E-state index contributed by atoms with van der Waals surface area (Å²) in [6, 6.07) is 24.6. The molecule has 4 aromatic rings. The van der Waals surface area contributed by atoms with Crippen molar-refractivity contribution in [3.8, 4) is 0 Å². The van der Waals surface area contributed by atoms with Crippen LogP contribution in [0, 0.1) is 5.92 Å². The van der Waals surface area contributed by atoms with Crippen LogP contribution in [0.25, 0.3) is 0 Å². The number of fused-ring (bicyclic) bond motifs is 2. The van der Waals surface area contributed by atoms with Crippen LogP contribution in [-0.4, -0.2) is 41.7 Å². The Hall–Kier alpha value is -1.04. The van der Waals surface area contributed by atoms with Gasteiger partial charge in [0, 0.05) is 49.2 Å². The van der Waals surface area contributed by atoms with Gasteiger partial charge >= 0.3 is 0 Å². The molecule has 286 valence electrons. The van der Waals surface area contributed by atoms with Crippen LogP contribution in [0.4, 0.5) is 0 Å². The molecule has 0 saturated carbocycles. The minimum Gasteiger partial charge on any atom is -0.351 e. The third-order valence-corrected chi connectivity index (χ3v) is 14.4. The molecule has 0 bridgehead atoms. The van der Waals surface area contributed by atoms with E-state index in [-0.39, 0.29) is 16.6 Å². The Morgan fingerprint density at radius 3 is 1.70 bits per heavy atom. The molecule has 0 heterocycles. The van der Waals surface area contributed by atoms with Gasteiger partial charge in [-0.1, -0.05) is 77.5 Å². The number of carbonyl (C=O) groups is 1. The van der Waals surface area contributed by atoms with Gasteiger partial charge in [0.05, 0.1) is 28.8 Å². The quantitative estimate of drug-likeness (QED) is 0.115.